The molecule has 0 bridgehead atoms. The molecule has 0 spiro atoms. The third-order valence-corrected chi connectivity index (χ3v) is 3.62. The molecule has 0 aliphatic heterocycles. The Kier molecular flexibility index (Phi) is 8.51. The maximum Gasteiger partial charge on any atom is 0.0449 e. The molecule has 20 heavy (non-hydrogen) atoms. The Morgan fingerprint density at radius 2 is 1.75 bits per heavy atom. The fourth-order valence-electron chi connectivity index (χ4n) is 2.47. The first-order chi connectivity index (χ1) is 9.67. The molecular weight excluding hydrogens is 246 g/mol. The van der Waals surface area contributed by atoms with Gasteiger partial charge in [0, 0.05) is 12.6 Å². The Balaban J connectivity index is 2.54. The monoisotopic (exact) mass is 277 g/mol. The van der Waals surface area contributed by atoms with Crippen LogP contribution >= 0.6 is 0 Å². The fourth-order valence-corrected chi connectivity index (χ4v) is 2.47. The SMILES string of the molecule is CCNC(CN(CC)CCCN(C)C)c1ccccc1. The van der Waals surface area contributed by atoms with Crippen molar-refractivity contribution in [1.29, 1.82) is 0 Å². The average Bonchev–Trinajstić information content (AvgIpc) is 2.46. The topological polar surface area (TPSA) is 18.5 Å². The van der Waals surface area contributed by atoms with Gasteiger partial charge < -0.3 is 15.1 Å². The van der Waals surface area contributed by atoms with Crippen molar-refractivity contribution in [3.63, 3.8) is 0 Å². The molecule has 0 aromatic heterocycles. The molecule has 114 valence electrons. The molecule has 0 amide bonds. The summed E-state index contributed by atoms with van der Waals surface area (Å²) in [6.07, 6.45) is 1.23. The maximum atomic E-state index is 3.61. The lowest BCUT2D eigenvalue weighted by molar-refractivity contribution is 0.240. The molecule has 0 heterocycles. The van der Waals surface area contributed by atoms with Crippen molar-refractivity contribution in [1.82, 2.24) is 15.1 Å². The lowest BCUT2D eigenvalue weighted by atomic mass is 10.1. The van der Waals surface area contributed by atoms with Crippen LogP contribution in [0, 0.1) is 0 Å². The van der Waals surface area contributed by atoms with Crippen LogP contribution in [0.15, 0.2) is 30.3 Å². The van der Waals surface area contributed by atoms with Crippen molar-refractivity contribution in [2.75, 3.05) is 46.8 Å². The molecule has 1 rings (SSSR count). The van der Waals surface area contributed by atoms with Crippen LogP contribution in [-0.4, -0.2) is 56.6 Å². The number of likely N-dealkylation sites (N-methyl/N-ethyl adjacent to an activating group) is 2. The predicted molar refractivity (Wildman–Crippen MR) is 88.1 cm³/mol. The van der Waals surface area contributed by atoms with Gasteiger partial charge >= 0.3 is 0 Å². The molecule has 0 aliphatic carbocycles. The molecule has 0 saturated carbocycles. The lowest BCUT2D eigenvalue weighted by Gasteiger charge is -2.27. The van der Waals surface area contributed by atoms with E-state index in [1.54, 1.807) is 0 Å². The molecule has 1 atom stereocenters. The van der Waals surface area contributed by atoms with Crippen LogP contribution in [0.2, 0.25) is 0 Å². The Labute approximate surface area is 125 Å². The van der Waals surface area contributed by atoms with Gasteiger partial charge in [-0.3, -0.25) is 0 Å². The molecule has 1 aromatic rings. The van der Waals surface area contributed by atoms with Crippen molar-refractivity contribution in [3.8, 4) is 0 Å². The molecule has 1 N–H and O–H groups in total. The highest BCUT2D eigenvalue weighted by Crippen LogP contribution is 2.14. The van der Waals surface area contributed by atoms with Gasteiger partial charge in [-0.15, -0.1) is 0 Å². The molecule has 0 saturated heterocycles. The number of nitrogens with zero attached hydrogens (tertiary/aromatic N) is 2. The van der Waals surface area contributed by atoms with Gasteiger partial charge in [0.2, 0.25) is 0 Å². The number of benzene rings is 1. The summed E-state index contributed by atoms with van der Waals surface area (Å²) < 4.78 is 0. The van der Waals surface area contributed by atoms with E-state index in [4.69, 9.17) is 0 Å². The highest BCUT2D eigenvalue weighted by molar-refractivity contribution is 5.19. The summed E-state index contributed by atoms with van der Waals surface area (Å²) in [4.78, 5) is 4.80. The van der Waals surface area contributed by atoms with Gasteiger partial charge in [-0.25, -0.2) is 0 Å². The van der Waals surface area contributed by atoms with Crippen LogP contribution in [0.25, 0.3) is 0 Å². The van der Waals surface area contributed by atoms with Crippen LogP contribution in [0.1, 0.15) is 31.9 Å². The van der Waals surface area contributed by atoms with Gasteiger partial charge in [0.05, 0.1) is 0 Å². The van der Waals surface area contributed by atoms with Gasteiger partial charge in [0.1, 0.15) is 0 Å². The van der Waals surface area contributed by atoms with E-state index in [0.717, 1.165) is 26.2 Å². The van der Waals surface area contributed by atoms with E-state index in [-0.39, 0.29) is 0 Å². The second kappa shape index (κ2) is 9.92. The fraction of sp³-hybridized carbons (Fsp3) is 0.647. The van der Waals surface area contributed by atoms with E-state index in [0.29, 0.717) is 6.04 Å². The van der Waals surface area contributed by atoms with E-state index in [9.17, 15) is 0 Å². The van der Waals surface area contributed by atoms with Crippen molar-refractivity contribution in [2.24, 2.45) is 0 Å². The minimum absolute atomic E-state index is 0.431. The molecular formula is C17H31N3. The van der Waals surface area contributed by atoms with Crippen molar-refractivity contribution in [3.05, 3.63) is 35.9 Å². The van der Waals surface area contributed by atoms with Gasteiger partial charge in [0.25, 0.3) is 0 Å². The second-order valence-electron chi connectivity index (χ2n) is 5.57. The molecule has 0 fully saturated rings. The normalized spacial score (nSPS) is 13.1. The summed E-state index contributed by atoms with van der Waals surface area (Å²) in [7, 11) is 4.28. The molecule has 0 radical (unpaired) electrons. The van der Waals surface area contributed by atoms with Crippen LogP contribution in [0.3, 0.4) is 0 Å². The van der Waals surface area contributed by atoms with Crippen LogP contribution in [-0.2, 0) is 0 Å². The second-order valence-corrected chi connectivity index (χ2v) is 5.57. The van der Waals surface area contributed by atoms with Crippen LogP contribution in [0.5, 0.6) is 0 Å². The largest absolute Gasteiger partial charge is 0.309 e. The molecule has 3 heteroatoms. The van der Waals surface area contributed by atoms with E-state index in [1.807, 2.05) is 0 Å². The Hall–Kier alpha value is -0.900. The summed E-state index contributed by atoms with van der Waals surface area (Å²) in [5.74, 6) is 0. The quantitative estimate of drug-likeness (QED) is 0.709. The molecule has 1 unspecified atom stereocenters. The maximum absolute atomic E-state index is 3.61. The van der Waals surface area contributed by atoms with Gasteiger partial charge in [-0.2, -0.15) is 0 Å². The zero-order valence-corrected chi connectivity index (χ0v) is 13.6. The molecule has 3 nitrogen and oxygen atoms in total. The van der Waals surface area contributed by atoms with E-state index < -0.39 is 0 Å². The third-order valence-electron chi connectivity index (χ3n) is 3.62. The highest BCUT2D eigenvalue weighted by atomic mass is 15.1. The number of hydrogen-bond donors (Lipinski definition) is 1. The van der Waals surface area contributed by atoms with Gasteiger partial charge in [0.15, 0.2) is 0 Å². The Morgan fingerprint density at radius 3 is 2.30 bits per heavy atom. The standard InChI is InChI=1S/C17H31N3/c1-5-18-17(16-11-8-7-9-12-16)15-20(6-2)14-10-13-19(3)4/h7-9,11-12,17-18H,5-6,10,13-15H2,1-4H3. The highest BCUT2D eigenvalue weighted by Gasteiger charge is 2.13. The smallest absolute Gasteiger partial charge is 0.0449 e. The Bertz CT molecular complexity index is 337. The molecule has 0 aliphatic rings. The summed E-state index contributed by atoms with van der Waals surface area (Å²) in [5.41, 5.74) is 1.39. The van der Waals surface area contributed by atoms with Crippen LogP contribution < -0.4 is 5.32 Å². The first-order valence-corrected chi connectivity index (χ1v) is 7.82. The summed E-state index contributed by atoms with van der Waals surface area (Å²) in [6, 6.07) is 11.2. The van der Waals surface area contributed by atoms with Gasteiger partial charge in [-0.1, -0.05) is 44.2 Å². The number of rotatable bonds is 10. The number of hydrogen-bond acceptors (Lipinski definition) is 3. The van der Waals surface area contributed by atoms with Crippen LogP contribution in [0.4, 0.5) is 0 Å². The van der Waals surface area contributed by atoms with E-state index in [2.05, 4.69) is 73.4 Å². The third kappa shape index (κ3) is 6.51. The minimum Gasteiger partial charge on any atom is -0.309 e. The van der Waals surface area contributed by atoms with E-state index in [1.165, 1.54) is 18.5 Å². The Morgan fingerprint density at radius 1 is 1.05 bits per heavy atom. The number of nitrogens with one attached hydrogen (secondary N) is 1. The zero-order chi connectivity index (χ0) is 14.8. The first kappa shape index (κ1) is 17.2. The predicted octanol–water partition coefficient (Wildman–Crippen LogP) is 2.61. The summed E-state index contributed by atoms with van der Waals surface area (Å²) in [5, 5.41) is 3.61. The first-order valence-electron chi connectivity index (χ1n) is 7.82. The minimum atomic E-state index is 0.431. The van der Waals surface area contributed by atoms with Crippen molar-refractivity contribution in [2.45, 2.75) is 26.3 Å². The van der Waals surface area contributed by atoms with Crippen molar-refractivity contribution < 1.29 is 0 Å². The lowest BCUT2D eigenvalue weighted by Crippen LogP contribution is -2.36. The van der Waals surface area contributed by atoms with Gasteiger partial charge in [-0.05, 0) is 52.3 Å². The summed E-state index contributed by atoms with van der Waals surface area (Å²) in [6.45, 7) is 9.97. The van der Waals surface area contributed by atoms with Crippen molar-refractivity contribution >= 4 is 0 Å². The average molecular weight is 277 g/mol. The molecule has 1 aromatic carbocycles. The zero-order valence-electron chi connectivity index (χ0n) is 13.6. The summed E-state index contributed by atoms with van der Waals surface area (Å²) >= 11 is 0. The van der Waals surface area contributed by atoms with E-state index >= 15 is 0 Å².